The molecule has 0 unspecified atom stereocenters. The first kappa shape index (κ1) is 25.3. The van der Waals surface area contributed by atoms with Crippen LogP contribution in [0.25, 0.3) is 0 Å². The number of anilines is 1. The monoisotopic (exact) mass is 532 g/mol. The average molecular weight is 534 g/mol. The quantitative estimate of drug-likeness (QED) is 0.458. The SMILES string of the molecule is COC(=O)c1nc(N(CCCc2c(Cl)nnc(Cl)c2C)C(=O)OC(C)(C)C)ccc1Br. The fraction of sp³-hybridized carbons (Fsp3) is 0.450. The highest BCUT2D eigenvalue weighted by atomic mass is 79.9. The van der Waals surface area contributed by atoms with Crippen LogP contribution in [-0.2, 0) is 15.9 Å². The Morgan fingerprint density at radius 3 is 2.42 bits per heavy atom. The third-order valence-electron chi connectivity index (χ3n) is 4.15. The van der Waals surface area contributed by atoms with Crippen LogP contribution in [0.2, 0.25) is 10.3 Å². The number of esters is 1. The molecule has 2 aromatic rings. The number of amides is 1. The van der Waals surface area contributed by atoms with Gasteiger partial charge in [0.25, 0.3) is 0 Å². The summed E-state index contributed by atoms with van der Waals surface area (Å²) in [4.78, 5) is 30.6. The number of halogens is 3. The zero-order chi connectivity index (χ0) is 23.3. The summed E-state index contributed by atoms with van der Waals surface area (Å²) in [5.74, 6) is -0.371. The number of carbonyl (C=O) groups is 2. The van der Waals surface area contributed by atoms with E-state index in [4.69, 9.17) is 32.7 Å². The molecule has 0 saturated carbocycles. The van der Waals surface area contributed by atoms with Gasteiger partial charge in [-0.1, -0.05) is 23.2 Å². The number of carbonyl (C=O) groups excluding carboxylic acids is 2. The van der Waals surface area contributed by atoms with Crippen molar-refractivity contribution >= 4 is 57.0 Å². The van der Waals surface area contributed by atoms with Gasteiger partial charge in [0, 0.05) is 6.54 Å². The predicted octanol–water partition coefficient (Wildman–Crippen LogP) is 5.41. The molecule has 0 spiro atoms. The Balaban J connectivity index is 2.31. The number of aromatic nitrogens is 3. The van der Waals surface area contributed by atoms with Crippen LogP contribution in [-0.4, -0.2) is 46.5 Å². The second-order valence-electron chi connectivity index (χ2n) is 7.61. The molecule has 0 bridgehead atoms. The van der Waals surface area contributed by atoms with Crippen LogP contribution in [0, 0.1) is 6.92 Å². The summed E-state index contributed by atoms with van der Waals surface area (Å²) < 4.78 is 10.7. The van der Waals surface area contributed by atoms with Crippen molar-refractivity contribution in [2.24, 2.45) is 0 Å². The van der Waals surface area contributed by atoms with Gasteiger partial charge in [0.15, 0.2) is 16.0 Å². The lowest BCUT2D eigenvalue weighted by Gasteiger charge is -2.27. The van der Waals surface area contributed by atoms with E-state index in [1.54, 1.807) is 32.9 Å². The van der Waals surface area contributed by atoms with Crippen LogP contribution in [0.3, 0.4) is 0 Å². The number of hydrogen-bond donors (Lipinski definition) is 0. The van der Waals surface area contributed by atoms with Crippen molar-refractivity contribution in [3.8, 4) is 0 Å². The Kier molecular flexibility index (Phi) is 8.62. The lowest BCUT2D eigenvalue weighted by molar-refractivity contribution is 0.0567. The van der Waals surface area contributed by atoms with Gasteiger partial charge in [-0.05, 0) is 79.7 Å². The van der Waals surface area contributed by atoms with Gasteiger partial charge in [-0.3, -0.25) is 4.90 Å². The summed E-state index contributed by atoms with van der Waals surface area (Å²) in [6.45, 7) is 7.37. The molecule has 0 fully saturated rings. The molecule has 0 aromatic carbocycles. The molecular formula is C20H23BrCl2N4O4. The predicted molar refractivity (Wildman–Crippen MR) is 122 cm³/mol. The van der Waals surface area contributed by atoms with Crippen LogP contribution in [0.1, 0.15) is 48.8 Å². The molecule has 2 heterocycles. The Morgan fingerprint density at radius 2 is 1.81 bits per heavy atom. The summed E-state index contributed by atoms with van der Waals surface area (Å²) >= 11 is 15.5. The van der Waals surface area contributed by atoms with Gasteiger partial charge in [-0.25, -0.2) is 14.6 Å². The lowest BCUT2D eigenvalue weighted by atomic mass is 10.1. The largest absolute Gasteiger partial charge is 0.464 e. The zero-order valence-corrected chi connectivity index (χ0v) is 20.9. The summed E-state index contributed by atoms with van der Waals surface area (Å²) in [7, 11) is 1.26. The molecule has 11 heteroatoms. The van der Waals surface area contributed by atoms with E-state index in [-0.39, 0.29) is 28.4 Å². The minimum atomic E-state index is -0.710. The van der Waals surface area contributed by atoms with Crippen molar-refractivity contribution in [2.75, 3.05) is 18.6 Å². The second kappa shape index (κ2) is 10.6. The molecule has 0 aliphatic carbocycles. The van der Waals surface area contributed by atoms with Crippen LogP contribution in [0.4, 0.5) is 10.6 Å². The number of methoxy groups -OCH3 is 1. The van der Waals surface area contributed by atoms with E-state index in [9.17, 15) is 9.59 Å². The average Bonchev–Trinajstić information content (AvgIpc) is 2.69. The molecule has 2 rings (SSSR count). The topological polar surface area (TPSA) is 94.5 Å². The van der Waals surface area contributed by atoms with Crippen LogP contribution < -0.4 is 4.90 Å². The minimum Gasteiger partial charge on any atom is -0.464 e. The maximum atomic E-state index is 12.9. The number of hydrogen-bond acceptors (Lipinski definition) is 7. The fourth-order valence-corrected chi connectivity index (χ4v) is 3.45. The first-order valence-corrected chi connectivity index (χ1v) is 10.9. The molecule has 31 heavy (non-hydrogen) atoms. The lowest BCUT2D eigenvalue weighted by Crippen LogP contribution is -2.38. The van der Waals surface area contributed by atoms with Crippen LogP contribution in [0.15, 0.2) is 16.6 Å². The van der Waals surface area contributed by atoms with Gasteiger partial charge in [-0.2, -0.15) is 0 Å². The van der Waals surface area contributed by atoms with Crippen molar-refractivity contribution in [1.29, 1.82) is 0 Å². The highest BCUT2D eigenvalue weighted by Gasteiger charge is 2.26. The zero-order valence-electron chi connectivity index (χ0n) is 17.8. The number of nitrogens with zero attached hydrogens (tertiary/aromatic N) is 4. The maximum Gasteiger partial charge on any atom is 0.416 e. The molecule has 168 valence electrons. The highest BCUT2D eigenvalue weighted by Crippen LogP contribution is 2.25. The second-order valence-corrected chi connectivity index (χ2v) is 9.18. The normalized spacial score (nSPS) is 11.2. The Bertz CT molecular complexity index is 982. The molecule has 0 N–H and O–H groups in total. The van der Waals surface area contributed by atoms with E-state index in [1.165, 1.54) is 12.0 Å². The van der Waals surface area contributed by atoms with Gasteiger partial charge in [0.05, 0.1) is 11.6 Å². The summed E-state index contributed by atoms with van der Waals surface area (Å²) in [5, 5.41) is 8.16. The van der Waals surface area contributed by atoms with E-state index in [1.807, 2.05) is 6.92 Å². The molecule has 0 saturated heterocycles. The number of ether oxygens (including phenoxy) is 2. The van der Waals surface area contributed by atoms with E-state index in [0.29, 0.717) is 17.3 Å². The number of rotatable bonds is 6. The van der Waals surface area contributed by atoms with Crippen LogP contribution >= 0.6 is 39.1 Å². The first-order valence-electron chi connectivity index (χ1n) is 9.37. The molecule has 0 aliphatic heterocycles. The minimum absolute atomic E-state index is 0.0533. The molecule has 2 aromatic heterocycles. The van der Waals surface area contributed by atoms with E-state index in [0.717, 1.165) is 11.1 Å². The van der Waals surface area contributed by atoms with Crippen molar-refractivity contribution in [1.82, 2.24) is 15.2 Å². The Labute approximate surface area is 199 Å². The third-order valence-corrected chi connectivity index (χ3v) is 5.45. The summed E-state index contributed by atoms with van der Waals surface area (Å²) in [5.41, 5.74) is 0.834. The van der Waals surface area contributed by atoms with Crippen molar-refractivity contribution in [2.45, 2.75) is 46.1 Å². The first-order chi connectivity index (χ1) is 14.4. The molecule has 1 amide bonds. The Hall–Kier alpha value is -1.97. The van der Waals surface area contributed by atoms with Gasteiger partial charge < -0.3 is 9.47 Å². The third kappa shape index (κ3) is 6.75. The van der Waals surface area contributed by atoms with Crippen molar-refractivity contribution < 1.29 is 19.1 Å². The molecule has 8 nitrogen and oxygen atoms in total. The van der Waals surface area contributed by atoms with Gasteiger partial charge in [0.2, 0.25) is 0 Å². The molecule has 0 radical (unpaired) electrons. The Morgan fingerprint density at radius 1 is 1.16 bits per heavy atom. The number of pyridine rings is 1. The summed E-state index contributed by atoms with van der Waals surface area (Å²) in [6.07, 6.45) is 0.416. The molecule has 0 aliphatic rings. The molecular weight excluding hydrogens is 511 g/mol. The molecule has 0 atom stereocenters. The maximum absolute atomic E-state index is 12.9. The van der Waals surface area contributed by atoms with E-state index in [2.05, 4.69) is 31.1 Å². The van der Waals surface area contributed by atoms with Crippen molar-refractivity contribution in [3.05, 3.63) is 43.7 Å². The van der Waals surface area contributed by atoms with Gasteiger partial charge in [0.1, 0.15) is 11.4 Å². The van der Waals surface area contributed by atoms with Crippen LogP contribution in [0.5, 0.6) is 0 Å². The van der Waals surface area contributed by atoms with Gasteiger partial charge in [-0.15, -0.1) is 10.2 Å². The van der Waals surface area contributed by atoms with Crippen molar-refractivity contribution in [3.63, 3.8) is 0 Å². The van der Waals surface area contributed by atoms with E-state index >= 15 is 0 Å². The highest BCUT2D eigenvalue weighted by molar-refractivity contribution is 9.10. The summed E-state index contributed by atoms with van der Waals surface area (Å²) in [6, 6.07) is 3.24. The fourth-order valence-electron chi connectivity index (χ4n) is 2.65. The van der Waals surface area contributed by atoms with E-state index < -0.39 is 17.7 Å². The smallest absolute Gasteiger partial charge is 0.416 e. The van der Waals surface area contributed by atoms with Gasteiger partial charge >= 0.3 is 12.1 Å². The standard InChI is InChI=1S/C20H23BrCl2N4O4/c1-11-12(17(23)26-25-16(11)22)7-6-10-27(19(29)31-20(2,3)4)14-9-8-13(21)15(24-14)18(28)30-5/h8-9H,6-7,10H2,1-5H3.